The summed E-state index contributed by atoms with van der Waals surface area (Å²) >= 11 is 0. The summed E-state index contributed by atoms with van der Waals surface area (Å²) in [6.45, 7) is 3.56. The van der Waals surface area contributed by atoms with Crippen LogP contribution in [0.15, 0.2) is 47.5 Å². The Labute approximate surface area is 156 Å². The highest BCUT2D eigenvalue weighted by Crippen LogP contribution is 2.13. The fourth-order valence-corrected chi connectivity index (χ4v) is 3.47. The Morgan fingerprint density at radius 2 is 1.93 bits per heavy atom. The van der Waals surface area contributed by atoms with Gasteiger partial charge < -0.3 is 10.2 Å². The molecule has 0 saturated carbocycles. The normalized spacial score (nSPS) is 15.1. The summed E-state index contributed by atoms with van der Waals surface area (Å²) < 4.78 is 2.88. The average molecular weight is 366 g/mol. The molecule has 0 aliphatic carbocycles. The van der Waals surface area contributed by atoms with Crippen molar-refractivity contribution < 1.29 is 4.79 Å². The lowest BCUT2D eigenvalue weighted by molar-refractivity contribution is 0.0938. The van der Waals surface area contributed by atoms with E-state index in [9.17, 15) is 9.59 Å². The molecule has 1 amide bonds. The first-order valence-corrected chi connectivity index (χ1v) is 9.26. The summed E-state index contributed by atoms with van der Waals surface area (Å²) in [7, 11) is 0. The summed E-state index contributed by atoms with van der Waals surface area (Å²) in [4.78, 5) is 36.1. The zero-order valence-electron chi connectivity index (χ0n) is 15.0. The van der Waals surface area contributed by atoms with E-state index in [1.54, 1.807) is 24.4 Å². The molecule has 4 rings (SSSR count). The van der Waals surface area contributed by atoms with Crippen LogP contribution < -0.4 is 10.9 Å². The molecule has 1 fully saturated rings. The highest BCUT2D eigenvalue weighted by Gasteiger charge is 2.19. The quantitative estimate of drug-likeness (QED) is 0.731. The molecule has 1 N–H and O–H groups in total. The van der Waals surface area contributed by atoms with Crippen molar-refractivity contribution in [2.75, 3.05) is 26.2 Å². The van der Waals surface area contributed by atoms with Gasteiger partial charge in [-0.2, -0.15) is 4.52 Å². The Morgan fingerprint density at radius 3 is 2.70 bits per heavy atom. The van der Waals surface area contributed by atoms with Crippen LogP contribution in [0.3, 0.4) is 0 Å². The fourth-order valence-electron chi connectivity index (χ4n) is 3.47. The average Bonchev–Trinajstić information content (AvgIpc) is 3.10. The van der Waals surface area contributed by atoms with Crippen LogP contribution in [0.2, 0.25) is 0 Å². The molecule has 0 atom stereocenters. The third-order valence-electron chi connectivity index (χ3n) is 4.80. The molecule has 1 aliphatic rings. The van der Waals surface area contributed by atoms with Crippen molar-refractivity contribution in [3.63, 3.8) is 0 Å². The number of carbonyl (C=O) groups excluding carboxylic acids is 1. The maximum absolute atomic E-state index is 12.8. The third kappa shape index (κ3) is 3.61. The van der Waals surface area contributed by atoms with Gasteiger partial charge in [0.1, 0.15) is 5.69 Å². The van der Waals surface area contributed by atoms with E-state index in [4.69, 9.17) is 0 Å². The van der Waals surface area contributed by atoms with Crippen LogP contribution in [-0.2, 0) is 0 Å². The van der Waals surface area contributed by atoms with E-state index in [-0.39, 0.29) is 11.5 Å². The first-order valence-electron chi connectivity index (χ1n) is 9.26. The predicted molar refractivity (Wildman–Crippen MR) is 101 cm³/mol. The molecule has 3 aromatic rings. The molecule has 1 aliphatic heterocycles. The van der Waals surface area contributed by atoms with Gasteiger partial charge in [0, 0.05) is 37.6 Å². The maximum Gasteiger partial charge on any atom is 0.273 e. The number of nitrogens with one attached hydrogen (secondary N) is 1. The first kappa shape index (κ1) is 17.4. The standard InChI is InChI=1S/C19H22N6O2/c26-18-7-9-21-17-14-15(24(25(17)18)16-6-2-3-8-20-16)19(27)22-10-13-23-11-4-1-5-12-23/h2-3,6-9,14H,1,4-5,10-13H2,(H,22,27). The number of piperidine rings is 1. The molecule has 0 radical (unpaired) electrons. The molecular formula is C19H22N6O2. The Bertz CT molecular complexity index is 988. The van der Waals surface area contributed by atoms with Crippen molar-refractivity contribution in [3.05, 3.63) is 58.8 Å². The van der Waals surface area contributed by atoms with Crippen LogP contribution in [-0.4, -0.2) is 56.2 Å². The Kier molecular flexibility index (Phi) is 4.97. The molecule has 4 heterocycles. The number of hydrogen-bond acceptors (Lipinski definition) is 5. The largest absolute Gasteiger partial charge is 0.349 e. The van der Waals surface area contributed by atoms with Gasteiger partial charge in [0.25, 0.3) is 11.5 Å². The predicted octanol–water partition coefficient (Wildman–Crippen LogP) is 1.10. The highest BCUT2D eigenvalue weighted by atomic mass is 16.2. The van der Waals surface area contributed by atoms with E-state index in [0.717, 1.165) is 19.6 Å². The van der Waals surface area contributed by atoms with Crippen molar-refractivity contribution in [1.29, 1.82) is 0 Å². The summed E-state index contributed by atoms with van der Waals surface area (Å²) in [5, 5.41) is 2.96. The topological polar surface area (TPSA) is 84.5 Å². The van der Waals surface area contributed by atoms with Crippen molar-refractivity contribution in [2.45, 2.75) is 19.3 Å². The van der Waals surface area contributed by atoms with Crippen LogP contribution in [0.1, 0.15) is 29.8 Å². The number of likely N-dealkylation sites (tertiary alicyclic amines) is 1. The van der Waals surface area contributed by atoms with Crippen molar-refractivity contribution in [1.82, 2.24) is 29.4 Å². The maximum atomic E-state index is 12.8. The number of aromatic nitrogens is 4. The minimum atomic E-state index is -0.266. The van der Waals surface area contributed by atoms with Gasteiger partial charge in [0.15, 0.2) is 11.5 Å². The molecule has 140 valence electrons. The number of rotatable bonds is 5. The molecule has 0 spiro atoms. The Morgan fingerprint density at radius 1 is 1.07 bits per heavy atom. The van der Waals surface area contributed by atoms with E-state index in [1.807, 2.05) is 6.07 Å². The lowest BCUT2D eigenvalue weighted by Gasteiger charge is -2.26. The number of nitrogens with zero attached hydrogens (tertiary/aromatic N) is 5. The zero-order chi connectivity index (χ0) is 18.6. The summed E-state index contributed by atoms with van der Waals surface area (Å²) in [6, 6.07) is 8.34. The van der Waals surface area contributed by atoms with E-state index in [1.165, 1.54) is 40.7 Å². The molecule has 27 heavy (non-hydrogen) atoms. The number of carbonyl (C=O) groups is 1. The molecule has 0 aromatic carbocycles. The van der Waals surface area contributed by atoms with Crippen molar-refractivity contribution in [2.24, 2.45) is 0 Å². The van der Waals surface area contributed by atoms with E-state index < -0.39 is 0 Å². The molecule has 1 saturated heterocycles. The zero-order valence-corrected chi connectivity index (χ0v) is 15.0. The van der Waals surface area contributed by atoms with Crippen LogP contribution in [0.5, 0.6) is 0 Å². The number of hydrogen-bond donors (Lipinski definition) is 1. The second kappa shape index (κ2) is 7.71. The lowest BCUT2D eigenvalue weighted by atomic mass is 10.1. The van der Waals surface area contributed by atoms with Gasteiger partial charge in [-0.15, -0.1) is 0 Å². The number of fused-ring (bicyclic) bond motifs is 1. The van der Waals surface area contributed by atoms with Crippen LogP contribution in [0.4, 0.5) is 0 Å². The molecule has 8 nitrogen and oxygen atoms in total. The Hall–Kier alpha value is -3.00. The molecule has 8 heteroatoms. The van der Waals surface area contributed by atoms with Crippen molar-refractivity contribution in [3.8, 4) is 5.82 Å². The molecule has 3 aromatic heterocycles. The van der Waals surface area contributed by atoms with Crippen LogP contribution >= 0.6 is 0 Å². The second-order valence-electron chi connectivity index (χ2n) is 6.64. The van der Waals surface area contributed by atoms with Gasteiger partial charge in [-0.3, -0.25) is 9.59 Å². The van der Waals surface area contributed by atoms with Crippen molar-refractivity contribution >= 4 is 11.6 Å². The van der Waals surface area contributed by atoms with Gasteiger partial charge in [-0.05, 0) is 38.1 Å². The lowest BCUT2D eigenvalue weighted by Crippen LogP contribution is -2.38. The summed E-state index contributed by atoms with van der Waals surface area (Å²) in [5.41, 5.74) is 0.482. The third-order valence-corrected chi connectivity index (χ3v) is 4.80. The summed E-state index contributed by atoms with van der Waals surface area (Å²) in [5.74, 6) is 0.242. The van der Waals surface area contributed by atoms with E-state index in [0.29, 0.717) is 23.7 Å². The fraction of sp³-hybridized carbons (Fsp3) is 0.368. The monoisotopic (exact) mass is 366 g/mol. The molecular weight excluding hydrogens is 344 g/mol. The smallest absolute Gasteiger partial charge is 0.273 e. The van der Waals surface area contributed by atoms with Crippen LogP contribution in [0.25, 0.3) is 11.5 Å². The Balaban J connectivity index is 1.61. The van der Waals surface area contributed by atoms with Gasteiger partial charge in [-0.25, -0.2) is 14.6 Å². The van der Waals surface area contributed by atoms with E-state index in [2.05, 4.69) is 20.2 Å². The van der Waals surface area contributed by atoms with Gasteiger partial charge >= 0.3 is 0 Å². The van der Waals surface area contributed by atoms with Gasteiger partial charge in [0.05, 0.1) is 0 Å². The van der Waals surface area contributed by atoms with Crippen LogP contribution in [0, 0.1) is 0 Å². The molecule has 0 bridgehead atoms. The summed E-state index contributed by atoms with van der Waals surface area (Å²) in [6.07, 6.45) is 6.79. The number of pyridine rings is 1. The minimum absolute atomic E-state index is 0.248. The molecule has 0 unspecified atom stereocenters. The second-order valence-corrected chi connectivity index (χ2v) is 6.64. The van der Waals surface area contributed by atoms with Gasteiger partial charge in [-0.1, -0.05) is 12.5 Å². The van der Waals surface area contributed by atoms with Gasteiger partial charge in [0.2, 0.25) is 0 Å². The highest BCUT2D eigenvalue weighted by molar-refractivity contribution is 5.94. The number of amides is 1. The van der Waals surface area contributed by atoms with E-state index >= 15 is 0 Å². The first-order chi connectivity index (χ1) is 13.2. The SMILES string of the molecule is O=C(NCCN1CCCCC1)c1cc2nccc(=O)n2n1-c1ccccn1. The minimum Gasteiger partial charge on any atom is -0.349 e.